The van der Waals surface area contributed by atoms with Crippen LogP contribution >= 0.6 is 23.4 Å². The number of alkyl halides is 3. The number of imide groups is 1. The number of aliphatic imine (C=N–C) groups is 1. The summed E-state index contributed by atoms with van der Waals surface area (Å²) in [5, 5.41) is 14.5. The molecule has 0 atom stereocenters. The van der Waals surface area contributed by atoms with Gasteiger partial charge in [-0.15, -0.1) is 4.99 Å². The Kier molecular flexibility index (Phi) is 7.65. The van der Waals surface area contributed by atoms with Gasteiger partial charge in [0.1, 0.15) is 6.54 Å². The third-order valence-electron chi connectivity index (χ3n) is 5.32. The van der Waals surface area contributed by atoms with E-state index in [1.54, 1.807) is 18.2 Å². The third kappa shape index (κ3) is 6.38. The molecular weight excluding hydrogens is 565 g/mol. The summed E-state index contributed by atoms with van der Waals surface area (Å²) in [6, 6.07) is 8.35. The van der Waals surface area contributed by atoms with Crippen LogP contribution in [0.4, 0.5) is 22.8 Å². The van der Waals surface area contributed by atoms with Gasteiger partial charge in [0.2, 0.25) is 11.9 Å². The highest BCUT2D eigenvalue weighted by atomic mass is 35.5. The van der Waals surface area contributed by atoms with Crippen LogP contribution in [0.15, 0.2) is 52.5 Å². The molecule has 2 aromatic carbocycles. The Balaban J connectivity index is 1.52. The second kappa shape index (κ2) is 10.8. The first-order valence-electron chi connectivity index (χ1n) is 10.8. The lowest BCUT2D eigenvalue weighted by Crippen LogP contribution is -2.44. The van der Waals surface area contributed by atoms with Crippen LogP contribution in [0.3, 0.4) is 0 Å². The molecule has 1 aliphatic rings. The molecule has 0 spiro atoms. The number of thioether (sulfide) groups is 1. The number of nitrogens with zero attached hydrogens (tertiary/aromatic N) is 4. The Morgan fingerprint density at radius 2 is 1.95 bits per heavy atom. The molecule has 3 aromatic rings. The zero-order valence-electron chi connectivity index (χ0n) is 19.4. The van der Waals surface area contributed by atoms with Crippen LogP contribution in [0.2, 0.25) is 5.02 Å². The van der Waals surface area contributed by atoms with Gasteiger partial charge in [0.05, 0.1) is 28.7 Å². The first-order chi connectivity index (χ1) is 18.3. The summed E-state index contributed by atoms with van der Waals surface area (Å²) >= 11 is 6.34. The number of guanidine groups is 1. The molecule has 11 nitrogen and oxygen atoms in total. The van der Waals surface area contributed by atoms with Gasteiger partial charge in [-0.25, -0.2) is 4.79 Å². The molecular formula is C23H16ClF3N6O5S. The number of amides is 4. The Morgan fingerprint density at radius 1 is 1.21 bits per heavy atom. The van der Waals surface area contributed by atoms with Gasteiger partial charge in [-0.1, -0.05) is 23.7 Å². The highest BCUT2D eigenvalue weighted by Crippen LogP contribution is 2.35. The molecule has 39 heavy (non-hydrogen) atoms. The number of benzene rings is 2. The van der Waals surface area contributed by atoms with Crippen molar-refractivity contribution in [3.8, 4) is 0 Å². The van der Waals surface area contributed by atoms with E-state index in [-0.39, 0.29) is 22.0 Å². The van der Waals surface area contributed by atoms with E-state index in [1.807, 2.05) is 5.32 Å². The number of fused-ring (bicyclic) bond motifs is 1. The summed E-state index contributed by atoms with van der Waals surface area (Å²) in [5.74, 6) is -2.40. The van der Waals surface area contributed by atoms with Crippen molar-refractivity contribution in [1.29, 1.82) is 0 Å². The fourth-order valence-electron chi connectivity index (χ4n) is 3.68. The van der Waals surface area contributed by atoms with Crippen molar-refractivity contribution in [2.75, 3.05) is 6.54 Å². The fourth-order valence-corrected chi connectivity index (χ4v) is 4.69. The van der Waals surface area contributed by atoms with Crippen molar-refractivity contribution in [3.63, 3.8) is 0 Å². The first-order valence-corrected chi connectivity index (χ1v) is 11.9. The molecule has 4 rings (SSSR count). The van der Waals surface area contributed by atoms with Crippen molar-refractivity contribution in [3.05, 3.63) is 69.2 Å². The first kappa shape index (κ1) is 27.7. The molecule has 16 heteroatoms. The van der Waals surface area contributed by atoms with Crippen LogP contribution in [0.5, 0.6) is 0 Å². The smallest absolute Gasteiger partial charge is 0.434 e. The van der Waals surface area contributed by atoms with Gasteiger partial charge in [-0.3, -0.25) is 29.3 Å². The number of carboxylic acid groups (broad SMARTS) is 1. The molecule has 1 aromatic heterocycles. The number of nitrogens with two attached hydrogens (primary N) is 1. The maximum Gasteiger partial charge on any atom is 0.434 e. The van der Waals surface area contributed by atoms with Gasteiger partial charge in [-0.2, -0.15) is 18.3 Å². The van der Waals surface area contributed by atoms with E-state index >= 15 is 0 Å². The predicted octanol–water partition coefficient (Wildman–Crippen LogP) is 3.90. The average molecular weight is 581 g/mol. The third-order valence-corrected chi connectivity index (χ3v) is 6.46. The SMILES string of the molecule is NC(=NC(=O)O)NC(=O)CN1C(=O)SC(=Cc2ccc3c(cnn3Cc3ccc(Cl)cc3C(F)(F)F)c2)C1=O. The number of nitrogens with one attached hydrogen (secondary N) is 1. The number of hydrogen-bond donors (Lipinski definition) is 3. The Morgan fingerprint density at radius 3 is 2.64 bits per heavy atom. The quantitative estimate of drug-likeness (QED) is 0.233. The minimum absolute atomic E-state index is 0.0164. The summed E-state index contributed by atoms with van der Waals surface area (Å²) in [6.07, 6.45) is -3.37. The summed E-state index contributed by atoms with van der Waals surface area (Å²) in [5.41, 5.74) is 5.38. The number of aromatic nitrogens is 2. The lowest BCUT2D eigenvalue weighted by molar-refractivity contribution is -0.138. The maximum absolute atomic E-state index is 13.5. The van der Waals surface area contributed by atoms with Crippen LogP contribution in [-0.4, -0.2) is 55.4 Å². The summed E-state index contributed by atoms with van der Waals surface area (Å²) in [7, 11) is 0. The van der Waals surface area contributed by atoms with Crippen molar-refractivity contribution < 1.29 is 37.5 Å². The zero-order chi connectivity index (χ0) is 28.5. The van der Waals surface area contributed by atoms with Crippen LogP contribution in [0.25, 0.3) is 17.0 Å². The minimum Gasteiger partial charge on any atom is -0.463 e. The average Bonchev–Trinajstić information content (AvgIpc) is 3.34. The van der Waals surface area contributed by atoms with Gasteiger partial charge in [0, 0.05) is 10.4 Å². The molecule has 0 saturated carbocycles. The van der Waals surface area contributed by atoms with Gasteiger partial charge >= 0.3 is 12.3 Å². The van der Waals surface area contributed by atoms with E-state index in [0.29, 0.717) is 33.1 Å². The van der Waals surface area contributed by atoms with Crippen LogP contribution in [0.1, 0.15) is 16.7 Å². The maximum atomic E-state index is 13.5. The molecule has 4 amide bonds. The van der Waals surface area contributed by atoms with E-state index in [4.69, 9.17) is 22.4 Å². The highest BCUT2D eigenvalue weighted by Gasteiger charge is 2.36. The Hall–Kier alpha value is -4.37. The van der Waals surface area contributed by atoms with Crippen molar-refractivity contribution in [1.82, 2.24) is 20.0 Å². The van der Waals surface area contributed by atoms with Crippen LogP contribution in [-0.2, 0) is 22.3 Å². The standard InChI is InChI=1S/C23H16ClF3N6O5S/c24-14-3-2-12(15(7-14)23(25,26)27)9-33-16-4-1-11(5-13(16)8-29-33)6-17-19(35)32(22(38)39-17)10-18(34)30-20(28)31-21(36)37/h1-8H,9-10H2,(H,36,37)(H3,28,30,31,34). The Bertz CT molecular complexity index is 1590. The second-order valence-corrected chi connectivity index (χ2v) is 9.44. The molecule has 0 bridgehead atoms. The normalized spacial score (nSPS) is 15.4. The lowest BCUT2D eigenvalue weighted by Gasteiger charge is -2.14. The van der Waals surface area contributed by atoms with Gasteiger partial charge in [-0.05, 0) is 53.2 Å². The molecule has 1 aliphatic heterocycles. The summed E-state index contributed by atoms with van der Waals surface area (Å²) < 4.78 is 41.8. The minimum atomic E-state index is -4.60. The van der Waals surface area contributed by atoms with Crippen molar-refractivity contribution in [2.24, 2.45) is 10.7 Å². The van der Waals surface area contributed by atoms with Crippen molar-refractivity contribution >= 4 is 69.4 Å². The van der Waals surface area contributed by atoms with Gasteiger partial charge in [0.25, 0.3) is 11.1 Å². The molecule has 0 unspecified atom stereocenters. The molecule has 0 radical (unpaired) electrons. The number of hydrogen-bond acceptors (Lipinski definition) is 6. The molecule has 4 N–H and O–H groups in total. The number of rotatable bonds is 5. The molecule has 0 aliphatic carbocycles. The van der Waals surface area contributed by atoms with E-state index in [9.17, 15) is 32.3 Å². The van der Waals surface area contributed by atoms with Crippen molar-refractivity contribution in [2.45, 2.75) is 12.7 Å². The number of carbonyl (C=O) groups is 4. The highest BCUT2D eigenvalue weighted by molar-refractivity contribution is 8.18. The number of carbonyl (C=O) groups excluding carboxylic acids is 3. The second-order valence-electron chi connectivity index (χ2n) is 8.02. The van der Waals surface area contributed by atoms with Gasteiger partial charge in [0.15, 0.2) is 0 Å². The number of halogens is 4. The summed E-state index contributed by atoms with van der Waals surface area (Å²) in [6.45, 7) is -0.883. The van der Waals surface area contributed by atoms with E-state index in [1.165, 1.54) is 29.1 Å². The molecule has 1 fully saturated rings. The van der Waals surface area contributed by atoms with E-state index < -0.39 is 47.4 Å². The van der Waals surface area contributed by atoms with E-state index in [0.717, 1.165) is 6.07 Å². The van der Waals surface area contributed by atoms with E-state index in [2.05, 4.69) is 10.1 Å². The fraction of sp³-hybridized carbons (Fsp3) is 0.130. The topological polar surface area (TPSA) is 160 Å². The molecule has 2 heterocycles. The molecule has 202 valence electrons. The molecule has 1 saturated heterocycles. The largest absolute Gasteiger partial charge is 0.463 e. The van der Waals surface area contributed by atoms with Gasteiger partial charge < -0.3 is 10.8 Å². The van der Waals surface area contributed by atoms with Crippen LogP contribution < -0.4 is 11.1 Å². The predicted molar refractivity (Wildman–Crippen MR) is 136 cm³/mol. The van der Waals surface area contributed by atoms with Crippen LogP contribution in [0, 0.1) is 0 Å². The lowest BCUT2D eigenvalue weighted by atomic mass is 10.1. The monoisotopic (exact) mass is 580 g/mol. The Labute approximate surface area is 226 Å². The zero-order valence-corrected chi connectivity index (χ0v) is 21.0. The summed E-state index contributed by atoms with van der Waals surface area (Å²) in [4.78, 5) is 51.0.